The molecule has 4 aliphatic carbocycles. The number of amides is 2. The maximum atomic E-state index is 13.3. The number of carbonyl (C=O) groups excluding carboxylic acids is 3. The summed E-state index contributed by atoms with van der Waals surface area (Å²) in [6.07, 6.45) is 15.8. The van der Waals surface area contributed by atoms with Crippen molar-refractivity contribution < 1.29 is 27.5 Å². The highest BCUT2D eigenvalue weighted by Crippen LogP contribution is 2.32. The third-order valence-corrected chi connectivity index (χ3v) is 11.1. The lowest BCUT2D eigenvalue weighted by Gasteiger charge is -2.35. The minimum absolute atomic E-state index is 0.0318. The lowest BCUT2D eigenvalue weighted by molar-refractivity contribution is -0.129. The van der Waals surface area contributed by atoms with Crippen LogP contribution in [0.3, 0.4) is 0 Å². The number of ether oxygens (including phenoxy) is 1. The molecule has 4 rings (SSSR count). The van der Waals surface area contributed by atoms with Crippen LogP contribution in [-0.4, -0.2) is 50.5 Å². The van der Waals surface area contributed by atoms with Crippen LogP contribution in [0.25, 0.3) is 0 Å². The third-order valence-electron chi connectivity index (χ3n) is 9.30. The largest absolute Gasteiger partial charge is 0.378 e. The molecule has 4 saturated carbocycles. The van der Waals surface area contributed by atoms with Gasteiger partial charge < -0.3 is 14.8 Å². The normalized spacial score (nSPS) is 33.8. The van der Waals surface area contributed by atoms with Crippen LogP contribution >= 0.6 is 0 Å². The summed E-state index contributed by atoms with van der Waals surface area (Å²) in [6.45, 7) is 0.790. The minimum atomic E-state index is -3.92. The molecule has 2 amide bonds. The quantitative estimate of drug-likeness (QED) is 0.428. The number of rotatable bonds is 9. The van der Waals surface area contributed by atoms with E-state index in [9.17, 15) is 22.8 Å². The van der Waals surface area contributed by atoms with Crippen LogP contribution in [0, 0.1) is 23.7 Å². The van der Waals surface area contributed by atoms with E-state index in [1.165, 1.54) is 32.1 Å². The summed E-state index contributed by atoms with van der Waals surface area (Å²) in [5.74, 6) is -0.461. The highest BCUT2D eigenvalue weighted by Gasteiger charge is 2.40. The summed E-state index contributed by atoms with van der Waals surface area (Å²) >= 11 is 0. The topological polar surface area (TPSA) is 119 Å². The summed E-state index contributed by atoms with van der Waals surface area (Å²) in [5, 5.41) is 2.27. The van der Waals surface area contributed by atoms with Crippen LogP contribution in [-0.2, 0) is 29.1 Å². The molecule has 0 aliphatic heterocycles. The van der Waals surface area contributed by atoms with Crippen molar-refractivity contribution in [2.45, 2.75) is 127 Å². The lowest BCUT2D eigenvalue weighted by atomic mass is 9.82. The summed E-state index contributed by atoms with van der Waals surface area (Å²) in [4.78, 5) is 37.0. The Hall–Kier alpha value is -1.48. The Bertz CT molecular complexity index is 879. The van der Waals surface area contributed by atoms with Gasteiger partial charge in [0.1, 0.15) is 11.5 Å². The van der Waals surface area contributed by atoms with E-state index in [4.69, 9.17) is 4.74 Å². The third kappa shape index (κ3) is 8.01. The number of carbonyl (C=O) groups is 3. The second-order valence-electron chi connectivity index (χ2n) is 12.0. The summed E-state index contributed by atoms with van der Waals surface area (Å²) in [6, 6.07) is -0.485. The first-order chi connectivity index (χ1) is 17.9. The van der Waals surface area contributed by atoms with E-state index in [-0.39, 0.29) is 29.8 Å². The van der Waals surface area contributed by atoms with E-state index < -0.39 is 27.2 Å². The van der Waals surface area contributed by atoms with Gasteiger partial charge in [0, 0.05) is 30.4 Å². The number of nitrogens with one attached hydrogen (secondary N) is 2. The van der Waals surface area contributed by atoms with E-state index in [0.717, 1.165) is 45.0 Å². The number of hydrogen-bond acceptors (Lipinski definition) is 6. The molecular formula is C28H46N2O6S. The minimum Gasteiger partial charge on any atom is -0.378 e. The maximum Gasteiger partial charge on any atom is 0.239 e. The van der Waals surface area contributed by atoms with Gasteiger partial charge in [0.25, 0.3) is 0 Å². The van der Waals surface area contributed by atoms with Crippen LogP contribution in [0.5, 0.6) is 0 Å². The van der Waals surface area contributed by atoms with Gasteiger partial charge in [-0.05, 0) is 76.5 Å². The first-order valence-electron chi connectivity index (χ1n) is 14.8. The van der Waals surface area contributed by atoms with Gasteiger partial charge in [-0.25, -0.2) is 8.42 Å². The first-order valence-corrected chi connectivity index (χ1v) is 16.3. The zero-order valence-corrected chi connectivity index (χ0v) is 23.0. The average Bonchev–Trinajstić information content (AvgIpc) is 2.92. The van der Waals surface area contributed by atoms with Gasteiger partial charge in [0.05, 0.1) is 6.10 Å². The Morgan fingerprint density at radius 3 is 2.19 bits per heavy atom. The van der Waals surface area contributed by atoms with Crippen molar-refractivity contribution in [2.24, 2.45) is 23.7 Å². The fourth-order valence-corrected chi connectivity index (χ4v) is 8.62. The summed E-state index contributed by atoms with van der Waals surface area (Å²) in [7, 11) is -3.92. The van der Waals surface area contributed by atoms with Crippen molar-refractivity contribution in [3.8, 4) is 0 Å². The van der Waals surface area contributed by atoms with Crippen LogP contribution in [0.1, 0.15) is 109 Å². The van der Waals surface area contributed by atoms with Crippen molar-refractivity contribution in [3.05, 3.63) is 0 Å². The number of sulfonamides is 1. The summed E-state index contributed by atoms with van der Waals surface area (Å²) < 4.78 is 35.1. The molecular weight excluding hydrogens is 492 g/mol. The molecule has 37 heavy (non-hydrogen) atoms. The van der Waals surface area contributed by atoms with E-state index in [1.807, 2.05) is 0 Å². The SMILES string of the molecule is O=CC1CCC(C(=O)NS(=O)(=O)C2CCCCC2NC(=O)C2CCCC(OCC3CCCCC3)C2)CC1. The van der Waals surface area contributed by atoms with Crippen LogP contribution in [0.4, 0.5) is 0 Å². The molecule has 0 saturated heterocycles. The number of hydrogen-bond donors (Lipinski definition) is 2. The Kier molecular flexibility index (Phi) is 10.4. The van der Waals surface area contributed by atoms with Gasteiger partial charge in [0.15, 0.2) is 0 Å². The summed E-state index contributed by atoms with van der Waals surface area (Å²) in [5.41, 5.74) is 0. The second kappa shape index (κ2) is 13.5. The first kappa shape index (κ1) is 28.5. The van der Waals surface area contributed by atoms with Gasteiger partial charge in [-0.15, -0.1) is 0 Å². The van der Waals surface area contributed by atoms with Crippen molar-refractivity contribution in [2.75, 3.05) is 6.61 Å². The molecule has 4 fully saturated rings. The zero-order valence-electron chi connectivity index (χ0n) is 22.2. The smallest absolute Gasteiger partial charge is 0.239 e. The molecule has 0 bridgehead atoms. The standard InChI is InChI=1S/C28H46N2O6S/c31-18-20-13-15-22(16-14-20)28(33)30-37(34,35)26-12-5-4-11-25(26)29-27(32)23-9-6-10-24(17-23)36-19-21-7-2-1-3-8-21/h18,20-26H,1-17,19H2,(H,29,32)(H,30,33). The molecule has 4 atom stereocenters. The predicted octanol–water partition coefficient (Wildman–Crippen LogP) is 4.02. The van der Waals surface area contributed by atoms with Gasteiger partial charge in [-0.3, -0.25) is 14.3 Å². The Balaban J connectivity index is 1.29. The molecule has 0 aromatic heterocycles. The average molecular weight is 539 g/mol. The van der Waals surface area contributed by atoms with Gasteiger partial charge in [-0.2, -0.15) is 0 Å². The molecule has 2 N–H and O–H groups in total. The van der Waals surface area contributed by atoms with E-state index in [0.29, 0.717) is 50.9 Å². The molecule has 0 heterocycles. The molecule has 0 spiro atoms. The molecule has 210 valence electrons. The molecule has 0 radical (unpaired) electrons. The maximum absolute atomic E-state index is 13.3. The Labute approximate surface area is 222 Å². The van der Waals surface area contributed by atoms with Crippen LogP contribution in [0.2, 0.25) is 0 Å². The van der Waals surface area contributed by atoms with Gasteiger partial charge in [-0.1, -0.05) is 38.5 Å². The van der Waals surface area contributed by atoms with Crippen molar-refractivity contribution in [1.29, 1.82) is 0 Å². The molecule has 0 aromatic rings. The Morgan fingerprint density at radius 2 is 1.46 bits per heavy atom. The molecule has 0 aromatic carbocycles. The fraction of sp³-hybridized carbons (Fsp3) is 0.893. The van der Waals surface area contributed by atoms with Crippen LogP contribution in [0.15, 0.2) is 0 Å². The molecule has 4 aliphatic rings. The predicted molar refractivity (Wildman–Crippen MR) is 141 cm³/mol. The number of aldehydes is 1. The highest BCUT2D eigenvalue weighted by molar-refractivity contribution is 7.90. The van der Waals surface area contributed by atoms with Gasteiger partial charge >= 0.3 is 0 Å². The van der Waals surface area contributed by atoms with Crippen molar-refractivity contribution in [3.63, 3.8) is 0 Å². The second-order valence-corrected chi connectivity index (χ2v) is 13.9. The molecule has 4 unspecified atom stereocenters. The van der Waals surface area contributed by atoms with Crippen molar-refractivity contribution >= 4 is 28.1 Å². The molecule has 8 nitrogen and oxygen atoms in total. The van der Waals surface area contributed by atoms with Crippen LogP contribution < -0.4 is 10.0 Å². The van der Waals surface area contributed by atoms with E-state index in [1.54, 1.807) is 0 Å². The van der Waals surface area contributed by atoms with Crippen molar-refractivity contribution in [1.82, 2.24) is 10.0 Å². The lowest BCUT2D eigenvalue weighted by Crippen LogP contribution is -2.54. The fourth-order valence-electron chi connectivity index (χ4n) is 6.91. The monoisotopic (exact) mass is 538 g/mol. The van der Waals surface area contributed by atoms with E-state index >= 15 is 0 Å². The zero-order chi connectivity index (χ0) is 26.3. The van der Waals surface area contributed by atoms with Gasteiger partial charge in [0.2, 0.25) is 21.8 Å². The Morgan fingerprint density at radius 1 is 0.757 bits per heavy atom. The molecule has 9 heteroatoms. The highest BCUT2D eigenvalue weighted by atomic mass is 32.2. The van der Waals surface area contributed by atoms with E-state index in [2.05, 4.69) is 10.0 Å².